The van der Waals surface area contributed by atoms with Crippen molar-refractivity contribution in [2.75, 3.05) is 36.5 Å². The van der Waals surface area contributed by atoms with Gasteiger partial charge in [0.1, 0.15) is 5.56 Å². The predicted octanol–water partition coefficient (Wildman–Crippen LogP) is 2.15. The Kier molecular flexibility index (Phi) is 6.58. The third-order valence-corrected chi connectivity index (χ3v) is 6.84. The van der Waals surface area contributed by atoms with Crippen LogP contribution in [0.2, 0.25) is 0 Å². The molecule has 0 spiro atoms. The molecule has 10 nitrogen and oxygen atoms in total. The molecule has 36 heavy (non-hydrogen) atoms. The summed E-state index contributed by atoms with van der Waals surface area (Å²) in [5.74, 6) is 1.31. The van der Waals surface area contributed by atoms with Crippen molar-refractivity contribution < 1.29 is 22.7 Å². The summed E-state index contributed by atoms with van der Waals surface area (Å²) in [4.78, 5) is 37.4. The number of hydrogen-bond donors (Lipinski definition) is 2. The van der Waals surface area contributed by atoms with Gasteiger partial charge in [0.25, 0.3) is 5.56 Å². The Bertz CT molecular complexity index is 1140. The molecule has 4 fully saturated rings. The molecule has 3 unspecified atom stereocenters. The molecule has 1 amide bonds. The number of alkyl halides is 3. The summed E-state index contributed by atoms with van der Waals surface area (Å²) in [6.45, 7) is 3.22. The van der Waals surface area contributed by atoms with Gasteiger partial charge >= 0.3 is 6.18 Å². The normalized spacial score (nSPS) is 22.2. The van der Waals surface area contributed by atoms with Gasteiger partial charge in [0.05, 0.1) is 43.6 Å². The number of carbonyl (C=O) groups is 1. The minimum absolute atomic E-state index is 0.000312. The Morgan fingerprint density at radius 1 is 1.22 bits per heavy atom. The van der Waals surface area contributed by atoms with Crippen molar-refractivity contribution >= 4 is 17.5 Å². The summed E-state index contributed by atoms with van der Waals surface area (Å²) < 4.78 is 45.0. The van der Waals surface area contributed by atoms with Crippen LogP contribution in [0.1, 0.15) is 49.7 Å². The second-order valence-electron chi connectivity index (χ2n) is 9.70. The van der Waals surface area contributed by atoms with Gasteiger partial charge in [0.15, 0.2) is 0 Å². The maximum absolute atomic E-state index is 13.2. The van der Waals surface area contributed by atoms with Gasteiger partial charge in [-0.05, 0) is 37.7 Å². The highest BCUT2D eigenvalue weighted by Gasteiger charge is 2.47. The molecular weight excluding hydrogens is 479 g/mol. The van der Waals surface area contributed by atoms with E-state index in [2.05, 4.69) is 25.3 Å². The van der Waals surface area contributed by atoms with E-state index in [1.54, 1.807) is 12.0 Å². The summed E-state index contributed by atoms with van der Waals surface area (Å²) >= 11 is 0. The summed E-state index contributed by atoms with van der Waals surface area (Å²) in [5, 5.41) is 7.84. The van der Waals surface area contributed by atoms with Crippen LogP contribution >= 0.6 is 0 Å². The van der Waals surface area contributed by atoms with E-state index in [4.69, 9.17) is 4.74 Å². The lowest BCUT2D eigenvalue weighted by Gasteiger charge is -2.56. The van der Waals surface area contributed by atoms with Crippen molar-refractivity contribution in [2.24, 2.45) is 0 Å². The zero-order valence-electron chi connectivity index (χ0n) is 19.8. The maximum Gasteiger partial charge on any atom is 0.423 e. The summed E-state index contributed by atoms with van der Waals surface area (Å²) in [6, 6.07) is -0.297. The molecule has 194 valence electrons. The maximum atomic E-state index is 13.2. The molecule has 3 atom stereocenters. The highest BCUT2D eigenvalue weighted by molar-refractivity contribution is 5.78. The van der Waals surface area contributed by atoms with Crippen molar-refractivity contribution in [1.29, 1.82) is 0 Å². The summed E-state index contributed by atoms with van der Waals surface area (Å²) in [7, 11) is 0. The van der Waals surface area contributed by atoms with Gasteiger partial charge in [-0.1, -0.05) is 0 Å². The van der Waals surface area contributed by atoms with Crippen LogP contribution in [0.3, 0.4) is 0 Å². The van der Waals surface area contributed by atoms with Crippen molar-refractivity contribution in [3.8, 4) is 0 Å². The highest BCUT2D eigenvalue weighted by Crippen LogP contribution is 2.40. The average Bonchev–Trinajstić information content (AvgIpc) is 3.67. The molecule has 5 heterocycles. The topological polar surface area (TPSA) is 116 Å². The second kappa shape index (κ2) is 9.68. The molecule has 13 heteroatoms. The van der Waals surface area contributed by atoms with Gasteiger partial charge < -0.3 is 19.9 Å². The zero-order chi connectivity index (χ0) is 25.4. The fourth-order valence-corrected chi connectivity index (χ4v) is 4.95. The van der Waals surface area contributed by atoms with Gasteiger partial charge in [-0.3, -0.25) is 9.59 Å². The molecule has 4 aliphatic rings. The SMILES string of the molecule is CC(COCCC(=O)N1C2CC1CN(c1ncc(C3CC3)cn1)C2)Nc1cn[nH]c(=O)c1C(F)(F)F. The fraction of sp³-hybridized carbons (Fsp3) is 0.609. The van der Waals surface area contributed by atoms with Crippen molar-refractivity contribution in [3.05, 3.63) is 40.1 Å². The third kappa shape index (κ3) is 5.15. The Labute approximate surface area is 205 Å². The number of piperazine rings is 1. The number of halogens is 3. The minimum Gasteiger partial charge on any atom is -0.379 e. The Morgan fingerprint density at radius 2 is 1.92 bits per heavy atom. The Morgan fingerprint density at radius 3 is 2.56 bits per heavy atom. The number of fused-ring (bicyclic) bond motifs is 2. The number of aromatic nitrogens is 4. The molecule has 0 radical (unpaired) electrons. The first kappa shape index (κ1) is 24.5. The molecular formula is C23H28F3N7O3. The first-order valence-electron chi connectivity index (χ1n) is 12.1. The van der Waals surface area contributed by atoms with Crippen LogP contribution in [0.25, 0.3) is 0 Å². The first-order chi connectivity index (χ1) is 17.2. The van der Waals surface area contributed by atoms with E-state index in [1.165, 1.54) is 18.4 Å². The van der Waals surface area contributed by atoms with E-state index < -0.39 is 29.0 Å². The number of carbonyl (C=O) groups excluding carboxylic acids is 1. The Hall–Kier alpha value is -3.22. The molecule has 1 saturated carbocycles. The number of nitrogens with one attached hydrogen (secondary N) is 2. The first-order valence-corrected chi connectivity index (χ1v) is 12.1. The molecule has 2 aromatic heterocycles. The number of H-pyrrole nitrogens is 1. The van der Waals surface area contributed by atoms with E-state index >= 15 is 0 Å². The van der Waals surface area contributed by atoms with E-state index in [9.17, 15) is 22.8 Å². The lowest BCUT2D eigenvalue weighted by Crippen LogP contribution is -2.70. The molecule has 3 aliphatic heterocycles. The number of hydrogen-bond acceptors (Lipinski definition) is 8. The molecule has 2 bridgehead atoms. The molecule has 6 rings (SSSR count). The van der Waals surface area contributed by atoms with Gasteiger partial charge in [-0.25, -0.2) is 15.1 Å². The van der Waals surface area contributed by atoms with Crippen LogP contribution < -0.4 is 15.8 Å². The van der Waals surface area contributed by atoms with E-state index in [0.29, 0.717) is 25.0 Å². The number of rotatable bonds is 9. The van der Waals surface area contributed by atoms with E-state index in [1.807, 2.05) is 17.3 Å². The van der Waals surface area contributed by atoms with Crippen LogP contribution in [-0.2, 0) is 15.7 Å². The standard InChI is InChI=1S/C23H28F3N7O3/c1-13(30-18-9-29-31-21(35)20(18)23(24,25)26)12-36-5-4-19(34)33-16-6-17(33)11-32(10-16)22-27-7-15(8-28-22)14-2-3-14/h7-9,13-14,16-17H,2-6,10-12H2,1H3,(H2,30,31,35). The quantitative estimate of drug-likeness (QED) is 0.496. The summed E-state index contributed by atoms with van der Waals surface area (Å²) in [6.07, 6.45) is 3.47. The van der Waals surface area contributed by atoms with Crippen molar-refractivity contribution in [1.82, 2.24) is 25.1 Å². The van der Waals surface area contributed by atoms with Crippen molar-refractivity contribution in [3.63, 3.8) is 0 Å². The van der Waals surface area contributed by atoms with E-state index in [-0.39, 0.29) is 37.6 Å². The third-order valence-electron chi connectivity index (χ3n) is 6.84. The van der Waals surface area contributed by atoms with Crippen LogP contribution in [0.4, 0.5) is 24.8 Å². The molecule has 1 aliphatic carbocycles. The number of nitrogens with zero attached hydrogens (tertiary/aromatic N) is 5. The minimum atomic E-state index is -4.82. The largest absolute Gasteiger partial charge is 0.423 e. The highest BCUT2D eigenvalue weighted by atomic mass is 19.4. The average molecular weight is 508 g/mol. The molecule has 2 N–H and O–H groups in total. The number of anilines is 2. The van der Waals surface area contributed by atoms with Gasteiger partial charge in [-0.15, -0.1) is 0 Å². The fourth-order valence-electron chi connectivity index (χ4n) is 4.95. The van der Waals surface area contributed by atoms with Crippen LogP contribution in [-0.4, -0.2) is 75.4 Å². The Balaban J connectivity index is 1.05. The molecule has 3 saturated heterocycles. The molecule has 0 aromatic carbocycles. The number of amides is 1. The van der Waals surface area contributed by atoms with Crippen LogP contribution in [0, 0.1) is 0 Å². The summed E-state index contributed by atoms with van der Waals surface area (Å²) in [5.41, 5.74) is -1.87. The second-order valence-corrected chi connectivity index (χ2v) is 9.70. The van der Waals surface area contributed by atoms with Gasteiger partial charge in [0, 0.05) is 31.5 Å². The van der Waals surface area contributed by atoms with E-state index in [0.717, 1.165) is 12.6 Å². The number of ether oxygens (including phenoxy) is 1. The van der Waals surface area contributed by atoms with Gasteiger partial charge in [0.2, 0.25) is 11.9 Å². The lowest BCUT2D eigenvalue weighted by molar-refractivity contribution is -0.147. The van der Waals surface area contributed by atoms with Crippen molar-refractivity contribution in [2.45, 2.75) is 62.8 Å². The van der Waals surface area contributed by atoms with Crippen LogP contribution in [0.15, 0.2) is 23.4 Å². The monoisotopic (exact) mass is 507 g/mol. The lowest BCUT2D eigenvalue weighted by atomic mass is 9.87. The van der Waals surface area contributed by atoms with Crippen LogP contribution in [0.5, 0.6) is 0 Å². The number of aromatic amines is 1. The van der Waals surface area contributed by atoms with Gasteiger partial charge in [-0.2, -0.15) is 18.3 Å². The predicted molar refractivity (Wildman–Crippen MR) is 124 cm³/mol. The molecule has 2 aromatic rings. The smallest absolute Gasteiger partial charge is 0.379 e. The number of piperidine rings is 1. The zero-order valence-corrected chi connectivity index (χ0v) is 19.8.